The fourth-order valence-corrected chi connectivity index (χ4v) is 1.94. The van der Waals surface area contributed by atoms with Crippen molar-refractivity contribution in [2.45, 2.75) is 20.4 Å². The highest BCUT2D eigenvalue weighted by molar-refractivity contribution is 5.28. The molecule has 0 aliphatic carbocycles. The highest BCUT2D eigenvalue weighted by Gasteiger charge is 2.02. The van der Waals surface area contributed by atoms with Gasteiger partial charge in [0.2, 0.25) is 0 Å². The summed E-state index contributed by atoms with van der Waals surface area (Å²) in [5.41, 5.74) is 2.55. The molecule has 0 atom stereocenters. The molecule has 4 heteroatoms. The van der Waals surface area contributed by atoms with Crippen LogP contribution in [-0.4, -0.2) is 9.55 Å². The second-order valence-electron chi connectivity index (χ2n) is 4.20. The van der Waals surface area contributed by atoms with E-state index in [1.54, 1.807) is 0 Å². The molecule has 2 rings (SSSR count). The minimum Gasteiger partial charge on any atom is -0.314 e. The van der Waals surface area contributed by atoms with Gasteiger partial charge in [-0.05, 0) is 19.4 Å². The number of aromatic amines is 1. The van der Waals surface area contributed by atoms with E-state index < -0.39 is 0 Å². The molecular weight excluding hydrogens is 216 g/mol. The summed E-state index contributed by atoms with van der Waals surface area (Å²) < 4.78 is 1.19. The number of benzene rings is 1. The van der Waals surface area contributed by atoms with Crippen LogP contribution < -0.4 is 11.2 Å². The SMILES string of the molecule is Cc1cc(C)cc(Cn2c(=O)cc[nH]c2=O)c1. The summed E-state index contributed by atoms with van der Waals surface area (Å²) in [5, 5.41) is 0. The molecule has 0 radical (unpaired) electrons. The van der Waals surface area contributed by atoms with Crippen LogP contribution in [0.3, 0.4) is 0 Å². The van der Waals surface area contributed by atoms with E-state index >= 15 is 0 Å². The van der Waals surface area contributed by atoms with Crippen molar-refractivity contribution in [3.63, 3.8) is 0 Å². The Balaban J connectivity index is 2.45. The van der Waals surface area contributed by atoms with E-state index in [0.717, 1.165) is 16.7 Å². The van der Waals surface area contributed by atoms with E-state index in [2.05, 4.69) is 11.1 Å². The first-order chi connectivity index (χ1) is 8.06. The number of aryl methyl sites for hydroxylation is 2. The molecule has 0 unspecified atom stereocenters. The lowest BCUT2D eigenvalue weighted by Gasteiger charge is -2.06. The molecule has 1 aromatic carbocycles. The largest absolute Gasteiger partial charge is 0.328 e. The summed E-state index contributed by atoms with van der Waals surface area (Å²) in [5.74, 6) is 0. The van der Waals surface area contributed by atoms with Crippen molar-refractivity contribution < 1.29 is 0 Å². The Morgan fingerprint density at radius 1 is 1.12 bits per heavy atom. The van der Waals surface area contributed by atoms with Crippen molar-refractivity contribution in [3.05, 3.63) is 68.0 Å². The fourth-order valence-electron chi connectivity index (χ4n) is 1.94. The monoisotopic (exact) mass is 230 g/mol. The van der Waals surface area contributed by atoms with Gasteiger partial charge in [-0.3, -0.25) is 9.36 Å². The van der Waals surface area contributed by atoms with Crippen LogP contribution in [0.2, 0.25) is 0 Å². The quantitative estimate of drug-likeness (QED) is 0.842. The molecule has 4 nitrogen and oxygen atoms in total. The summed E-state index contributed by atoms with van der Waals surface area (Å²) in [6, 6.07) is 7.36. The summed E-state index contributed by atoms with van der Waals surface area (Å²) in [7, 11) is 0. The normalized spacial score (nSPS) is 10.5. The van der Waals surface area contributed by atoms with Gasteiger partial charge in [0.15, 0.2) is 0 Å². The number of nitrogens with one attached hydrogen (secondary N) is 1. The molecule has 0 saturated heterocycles. The topological polar surface area (TPSA) is 54.9 Å². The highest BCUT2D eigenvalue weighted by atomic mass is 16.2. The number of rotatable bonds is 2. The molecule has 1 heterocycles. The van der Waals surface area contributed by atoms with Gasteiger partial charge in [0.25, 0.3) is 5.56 Å². The maximum absolute atomic E-state index is 11.6. The molecular formula is C13H14N2O2. The molecule has 1 N–H and O–H groups in total. The minimum absolute atomic E-state index is 0.284. The van der Waals surface area contributed by atoms with Crippen molar-refractivity contribution >= 4 is 0 Å². The maximum Gasteiger partial charge on any atom is 0.328 e. The van der Waals surface area contributed by atoms with Gasteiger partial charge in [0.05, 0.1) is 6.54 Å². The van der Waals surface area contributed by atoms with E-state index in [1.807, 2.05) is 26.0 Å². The predicted octanol–water partition coefficient (Wildman–Crippen LogP) is 1.20. The lowest BCUT2D eigenvalue weighted by molar-refractivity contribution is 0.698. The lowest BCUT2D eigenvalue weighted by atomic mass is 10.1. The highest BCUT2D eigenvalue weighted by Crippen LogP contribution is 2.08. The van der Waals surface area contributed by atoms with Gasteiger partial charge in [0.1, 0.15) is 0 Å². The Morgan fingerprint density at radius 3 is 2.35 bits per heavy atom. The van der Waals surface area contributed by atoms with Gasteiger partial charge in [0, 0.05) is 12.3 Å². The first-order valence-electron chi connectivity index (χ1n) is 5.42. The van der Waals surface area contributed by atoms with Gasteiger partial charge in [-0.15, -0.1) is 0 Å². The smallest absolute Gasteiger partial charge is 0.314 e. The van der Waals surface area contributed by atoms with Crippen LogP contribution in [-0.2, 0) is 6.54 Å². The third-order valence-electron chi connectivity index (χ3n) is 2.57. The Kier molecular flexibility index (Phi) is 2.95. The number of aromatic nitrogens is 2. The molecule has 0 bridgehead atoms. The van der Waals surface area contributed by atoms with E-state index in [9.17, 15) is 9.59 Å². The average Bonchev–Trinajstić information content (AvgIpc) is 2.22. The van der Waals surface area contributed by atoms with Crippen molar-refractivity contribution in [2.75, 3.05) is 0 Å². The van der Waals surface area contributed by atoms with Crippen LogP contribution in [0, 0.1) is 13.8 Å². The predicted molar refractivity (Wildman–Crippen MR) is 66.3 cm³/mol. The van der Waals surface area contributed by atoms with Crippen molar-refractivity contribution in [1.29, 1.82) is 0 Å². The zero-order chi connectivity index (χ0) is 12.4. The first kappa shape index (κ1) is 11.4. The number of H-pyrrole nitrogens is 1. The lowest BCUT2D eigenvalue weighted by Crippen LogP contribution is -2.34. The van der Waals surface area contributed by atoms with Crippen LogP contribution in [0.4, 0.5) is 0 Å². The van der Waals surface area contributed by atoms with Crippen LogP contribution in [0.25, 0.3) is 0 Å². The van der Waals surface area contributed by atoms with Crippen LogP contribution >= 0.6 is 0 Å². The third-order valence-corrected chi connectivity index (χ3v) is 2.57. The zero-order valence-electron chi connectivity index (χ0n) is 9.86. The van der Waals surface area contributed by atoms with Gasteiger partial charge in [-0.1, -0.05) is 29.3 Å². The van der Waals surface area contributed by atoms with Crippen molar-refractivity contribution in [1.82, 2.24) is 9.55 Å². The first-order valence-corrected chi connectivity index (χ1v) is 5.42. The molecule has 17 heavy (non-hydrogen) atoms. The molecule has 0 fully saturated rings. The molecule has 0 saturated carbocycles. The molecule has 0 aliphatic heterocycles. The van der Waals surface area contributed by atoms with Crippen LogP contribution in [0.5, 0.6) is 0 Å². The van der Waals surface area contributed by atoms with E-state index in [1.165, 1.54) is 16.8 Å². The zero-order valence-corrected chi connectivity index (χ0v) is 9.86. The standard InChI is InChI=1S/C13H14N2O2/c1-9-5-10(2)7-11(6-9)8-15-12(16)3-4-14-13(15)17/h3-7H,8H2,1-2H3,(H,14,17). The summed E-state index contributed by atoms with van der Waals surface area (Å²) in [4.78, 5) is 25.6. The molecule has 0 spiro atoms. The van der Waals surface area contributed by atoms with Crippen molar-refractivity contribution in [3.8, 4) is 0 Å². The fraction of sp³-hybridized carbons (Fsp3) is 0.231. The Hall–Kier alpha value is -2.10. The summed E-state index contributed by atoms with van der Waals surface area (Å²) in [6.07, 6.45) is 1.36. The molecule has 0 aliphatic rings. The van der Waals surface area contributed by atoms with Crippen molar-refractivity contribution in [2.24, 2.45) is 0 Å². The van der Waals surface area contributed by atoms with Crippen LogP contribution in [0.15, 0.2) is 40.1 Å². The molecule has 1 aromatic heterocycles. The Bertz CT molecular complexity index is 604. The second-order valence-corrected chi connectivity index (χ2v) is 4.20. The second kappa shape index (κ2) is 4.41. The summed E-state index contributed by atoms with van der Waals surface area (Å²) in [6.45, 7) is 4.29. The van der Waals surface area contributed by atoms with Gasteiger partial charge in [-0.25, -0.2) is 4.79 Å². The number of hydrogen-bond acceptors (Lipinski definition) is 2. The Labute approximate surface area is 98.6 Å². The maximum atomic E-state index is 11.6. The number of nitrogens with zero attached hydrogens (tertiary/aromatic N) is 1. The number of hydrogen-bond donors (Lipinski definition) is 1. The van der Waals surface area contributed by atoms with E-state index in [0.29, 0.717) is 6.54 Å². The van der Waals surface area contributed by atoms with Gasteiger partial charge in [-0.2, -0.15) is 0 Å². The van der Waals surface area contributed by atoms with E-state index in [4.69, 9.17) is 0 Å². The van der Waals surface area contributed by atoms with E-state index in [-0.39, 0.29) is 11.2 Å². The molecule has 2 aromatic rings. The average molecular weight is 230 g/mol. The third kappa shape index (κ3) is 2.53. The van der Waals surface area contributed by atoms with Gasteiger partial charge >= 0.3 is 5.69 Å². The molecule has 0 amide bonds. The summed E-state index contributed by atoms with van der Waals surface area (Å²) >= 11 is 0. The van der Waals surface area contributed by atoms with Gasteiger partial charge < -0.3 is 4.98 Å². The minimum atomic E-state index is -0.378. The van der Waals surface area contributed by atoms with Crippen LogP contribution in [0.1, 0.15) is 16.7 Å². The Morgan fingerprint density at radius 2 is 1.76 bits per heavy atom. The molecule has 88 valence electrons.